The molecule has 5 heteroatoms. The average Bonchev–Trinajstić information content (AvgIpc) is 2.71. The Kier molecular flexibility index (Phi) is 1.38. The lowest BCUT2D eigenvalue weighted by Gasteiger charge is -2.39. The molecule has 1 aliphatic heterocycles. The predicted octanol–water partition coefficient (Wildman–Crippen LogP) is 2.27. The predicted molar refractivity (Wildman–Crippen MR) is 77.5 cm³/mol. The number of rotatable bonds is 2. The van der Waals surface area contributed by atoms with Gasteiger partial charge in [-0.3, -0.25) is 5.01 Å². The van der Waals surface area contributed by atoms with Crippen molar-refractivity contribution in [1.29, 1.82) is 0 Å². The maximum absolute atomic E-state index is 12.7. The number of nitrogens with zero attached hydrogens (tertiary/aromatic N) is 2. The van der Waals surface area contributed by atoms with Crippen molar-refractivity contribution < 1.29 is 19.9 Å². The van der Waals surface area contributed by atoms with Gasteiger partial charge in [0, 0.05) is 7.05 Å². The van der Waals surface area contributed by atoms with Crippen LogP contribution in [0.25, 0.3) is 0 Å². The third-order valence-corrected chi connectivity index (χ3v) is 2.44. The van der Waals surface area contributed by atoms with Crippen LogP contribution in [0.3, 0.4) is 0 Å². The van der Waals surface area contributed by atoms with Crippen molar-refractivity contribution in [3.05, 3.63) is 66.0 Å². The summed E-state index contributed by atoms with van der Waals surface area (Å²) >= 11 is 0. The summed E-state index contributed by atoms with van der Waals surface area (Å²) in [6.45, 7) is 0. The van der Waals surface area contributed by atoms with Crippen molar-refractivity contribution in [1.82, 2.24) is 15.9 Å². The van der Waals surface area contributed by atoms with Gasteiger partial charge in [-0.05, 0) is 17.6 Å². The first-order chi connectivity index (χ1) is 14.2. The van der Waals surface area contributed by atoms with Crippen LogP contribution in [0.1, 0.15) is 26.8 Å². The van der Waals surface area contributed by atoms with Gasteiger partial charge >= 0.3 is 6.03 Å². The highest BCUT2D eigenvalue weighted by molar-refractivity contribution is 5.91. The maximum atomic E-state index is 12.7. The Balaban J connectivity index is 2.26. The first kappa shape index (κ1) is 5.20. The summed E-state index contributed by atoms with van der Waals surface area (Å²) in [6.07, 6.45) is -2.43. The number of hydrogen-bond acceptors (Lipinski definition) is 3. The molecule has 0 bridgehead atoms. The zero-order valence-corrected chi connectivity index (χ0v) is 10.3. The number of hydrogen-bond donors (Lipinski definition) is 2. The van der Waals surface area contributed by atoms with E-state index in [1.54, 1.807) is 0 Å². The fraction of sp³-hybridized carbons (Fsp3) is 0.133. The molecule has 3 rings (SSSR count). The molecule has 2 N–H and O–H groups in total. The van der Waals surface area contributed by atoms with E-state index in [9.17, 15) is 4.79 Å². The molecule has 0 radical (unpaired) electrons. The molecule has 1 aliphatic rings. The van der Waals surface area contributed by atoms with Crippen molar-refractivity contribution in [2.45, 2.75) is 6.14 Å². The lowest BCUT2D eigenvalue weighted by atomic mass is 10.2. The Labute approximate surface area is 133 Å². The van der Waals surface area contributed by atoms with E-state index in [-0.39, 0.29) is 0 Å². The van der Waals surface area contributed by atoms with Crippen molar-refractivity contribution in [3.8, 4) is 0 Å². The normalized spacial score (nSPS) is 30.6. The third kappa shape index (κ3) is 2.36. The summed E-state index contributed by atoms with van der Waals surface area (Å²) in [5, 5.41) is 1.26. The number of hydrazine groups is 2. The van der Waals surface area contributed by atoms with E-state index in [1.807, 2.05) is 0 Å². The Morgan fingerprint density at radius 1 is 1.05 bits per heavy atom. The highest BCUT2D eigenvalue weighted by atomic mass is 16.2. The minimum absolute atomic E-state index is 0.518. The largest absolute Gasteiger partial charge is 0.353 e. The fourth-order valence-corrected chi connectivity index (χ4v) is 1.54. The van der Waals surface area contributed by atoms with Crippen molar-refractivity contribution in [2.24, 2.45) is 0 Å². The van der Waals surface area contributed by atoms with E-state index < -0.39 is 83.8 Å². The zero-order valence-electron chi connectivity index (χ0n) is 21.3. The molecule has 2 aromatic carbocycles. The second-order valence-electron chi connectivity index (χ2n) is 3.75. The van der Waals surface area contributed by atoms with Crippen LogP contribution >= 0.6 is 0 Å². The molecular formula is C15H16N4O. The van der Waals surface area contributed by atoms with E-state index in [0.29, 0.717) is 5.01 Å². The molecule has 2 amide bonds. The van der Waals surface area contributed by atoms with E-state index >= 15 is 0 Å². The number of nitrogens with one attached hydrogen (secondary N) is 2. The van der Waals surface area contributed by atoms with Crippen LogP contribution in [0.5, 0.6) is 0 Å². The molecular weight excluding hydrogens is 252 g/mol. The summed E-state index contributed by atoms with van der Waals surface area (Å²) in [6, 6.07) is -8.07. The number of anilines is 1. The van der Waals surface area contributed by atoms with Crippen molar-refractivity contribution >= 4 is 11.7 Å². The SMILES string of the molecule is [2H]c1c([2H])c([2H])c(N2NC([2H])(c3c([2H])c([2H])c([2H])c([2H])c3[2H])NN(C)C2=O)c([2H])c1[2H]. The molecule has 1 unspecified atom stereocenters. The van der Waals surface area contributed by atoms with E-state index in [1.165, 1.54) is 7.05 Å². The highest BCUT2D eigenvalue weighted by Gasteiger charge is 2.30. The van der Waals surface area contributed by atoms with Crippen molar-refractivity contribution in [3.63, 3.8) is 0 Å². The van der Waals surface area contributed by atoms with E-state index in [2.05, 4.69) is 10.9 Å². The first-order valence-corrected chi connectivity index (χ1v) is 5.52. The Hall–Kier alpha value is -2.37. The van der Waals surface area contributed by atoms with Gasteiger partial charge < -0.3 is 0 Å². The molecule has 2 aromatic rings. The Morgan fingerprint density at radius 3 is 2.30 bits per heavy atom. The topological polar surface area (TPSA) is 47.6 Å². The fourth-order valence-electron chi connectivity index (χ4n) is 1.54. The second-order valence-corrected chi connectivity index (χ2v) is 3.75. The number of para-hydroxylation sites is 1. The molecule has 1 atom stereocenters. The van der Waals surface area contributed by atoms with Gasteiger partial charge in [0.1, 0.15) is 6.14 Å². The van der Waals surface area contributed by atoms with Gasteiger partial charge in [-0.1, -0.05) is 48.3 Å². The quantitative estimate of drug-likeness (QED) is 0.886. The molecule has 102 valence electrons. The van der Waals surface area contributed by atoms with Gasteiger partial charge in [0.05, 0.1) is 20.8 Å². The van der Waals surface area contributed by atoms with E-state index in [0.717, 1.165) is 5.01 Å². The number of benzene rings is 2. The minimum Gasteiger partial charge on any atom is -0.259 e. The molecule has 1 heterocycles. The van der Waals surface area contributed by atoms with Crippen LogP contribution in [0.15, 0.2) is 60.4 Å². The van der Waals surface area contributed by atoms with Crippen LogP contribution < -0.4 is 15.9 Å². The van der Waals surface area contributed by atoms with Gasteiger partial charge in [-0.25, -0.2) is 20.7 Å². The molecule has 1 saturated heterocycles. The number of amides is 2. The minimum atomic E-state index is -2.43. The number of urea groups is 1. The number of carbonyl (C=O) groups excluding carboxylic acids is 1. The van der Waals surface area contributed by atoms with Crippen LogP contribution in [0.2, 0.25) is 0 Å². The Morgan fingerprint density at radius 2 is 1.65 bits per heavy atom. The van der Waals surface area contributed by atoms with Gasteiger partial charge in [-0.15, -0.1) is 0 Å². The first-order valence-electron chi connectivity index (χ1n) is 11.0. The van der Waals surface area contributed by atoms with Crippen LogP contribution in [-0.2, 0) is 0 Å². The molecule has 5 nitrogen and oxygen atoms in total. The van der Waals surface area contributed by atoms with Crippen LogP contribution in [0.4, 0.5) is 10.5 Å². The van der Waals surface area contributed by atoms with Crippen LogP contribution in [0, 0.1) is 0 Å². The van der Waals surface area contributed by atoms with E-state index in [4.69, 9.17) is 15.1 Å². The summed E-state index contributed by atoms with van der Waals surface area (Å²) in [5.41, 5.74) is 3.54. The molecule has 0 aromatic heterocycles. The molecule has 1 fully saturated rings. The summed E-state index contributed by atoms with van der Waals surface area (Å²) < 4.78 is 87.7. The smallest absolute Gasteiger partial charge is 0.259 e. The Bertz CT molecular complexity index is 1070. The lowest BCUT2D eigenvalue weighted by molar-refractivity contribution is 0.144. The summed E-state index contributed by atoms with van der Waals surface area (Å²) in [4.78, 5) is 12.7. The monoisotopic (exact) mass is 279 g/mol. The standard InChI is InChI=1S/C15H16N4O/c1-18-15(20)19(13-10-6-3-7-11-13)17-14(16-18)12-8-4-2-5-9-12/h2-11,14,16-17H,1H3/i2D,3D,4D,5D,6D,7D,8D,9D,10D,11D,14D. The van der Waals surface area contributed by atoms with Crippen molar-refractivity contribution in [2.75, 3.05) is 12.1 Å². The average molecular weight is 279 g/mol. The van der Waals surface area contributed by atoms with Gasteiger partial charge in [0.2, 0.25) is 0 Å². The van der Waals surface area contributed by atoms with Gasteiger partial charge in [0.25, 0.3) is 0 Å². The maximum Gasteiger partial charge on any atom is 0.353 e. The second kappa shape index (κ2) is 5.32. The lowest BCUT2D eigenvalue weighted by Crippen LogP contribution is -2.64. The van der Waals surface area contributed by atoms with Gasteiger partial charge in [-0.2, -0.15) is 0 Å². The third-order valence-electron chi connectivity index (χ3n) is 2.44. The van der Waals surface area contributed by atoms with Gasteiger partial charge in [0.15, 0.2) is 0 Å². The molecule has 0 saturated carbocycles. The molecule has 0 spiro atoms. The van der Waals surface area contributed by atoms with Crippen LogP contribution in [-0.4, -0.2) is 18.1 Å². The number of carbonyl (C=O) groups is 1. The molecule has 20 heavy (non-hydrogen) atoms. The molecule has 0 aliphatic carbocycles. The summed E-state index contributed by atoms with van der Waals surface area (Å²) in [5.74, 6) is 0. The zero-order chi connectivity index (χ0) is 23.6. The summed E-state index contributed by atoms with van der Waals surface area (Å²) in [7, 11) is 1.17. The highest BCUT2D eigenvalue weighted by Crippen LogP contribution is 2.20.